The number of benzene rings is 2. The van der Waals surface area contributed by atoms with Gasteiger partial charge in [0.2, 0.25) is 0 Å². The van der Waals surface area contributed by atoms with Crippen LogP contribution in [0.1, 0.15) is 30.6 Å². The molecule has 0 radical (unpaired) electrons. The number of anilines is 1. The lowest BCUT2D eigenvalue weighted by Crippen LogP contribution is -2.30. The molecular weight excluding hydrogens is 424 g/mol. The minimum Gasteiger partial charge on any atom is -0.456 e. The largest absolute Gasteiger partial charge is 0.456 e. The molecule has 30 heavy (non-hydrogen) atoms. The highest BCUT2D eigenvalue weighted by Crippen LogP contribution is 2.21. The molecule has 0 heterocycles. The van der Waals surface area contributed by atoms with Gasteiger partial charge in [-0.1, -0.05) is 11.6 Å². The molecule has 0 aromatic heterocycles. The summed E-state index contributed by atoms with van der Waals surface area (Å²) in [4.78, 5) is 38.8. The van der Waals surface area contributed by atoms with Crippen molar-refractivity contribution in [3.8, 4) is 0 Å². The molecule has 0 spiro atoms. The monoisotopic (exact) mass is 448 g/mol. The fourth-order valence-electron chi connectivity index (χ4n) is 2.59. The molecule has 1 N–H and O–H groups in total. The van der Waals surface area contributed by atoms with Crippen LogP contribution in [0, 0.1) is 0 Å². The van der Waals surface area contributed by atoms with Crippen LogP contribution in [0.2, 0.25) is 5.02 Å². The standard InChI is InChI=1S/C22H25ClN2O4S/c1-3-25(4-2)22(28)16-5-9-18(10-6-16)24-20(26)15-29-21(27)13-14-30-19-11-7-17(23)8-12-19/h5-12H,3-4,13-15H2,1-2H3,(H,24,26). The number of carbonyl (C=O) groups excluding carboxylic acids is 3. The zero-order valence-electron chi connectivity index (χ0n) is 17.0. The van der Waals surface area contributed by atoms with Crippen LogP contribution < -0.4 is 5.32 Å². The smallest absolute Gasteiger partial charge is 0.307 e. The average Bonchev–Trinajstić information content (AvgIpc) is 2.75. The Labute approximate surface area is 185 Å². The number of ether oxygens (including phenoxy) is 1. The van der Waals surface area contributed by atoms with Gasteiger partial charge < -0.3 is 15.0 Å². The molecule has 0 aliphatic rings. The predicted molar refractivity (Wildman–Crippen MR) is 120 cm³/mol. The van der Waals surface area contributed by atoms with Gasteiger partial charge >= 0.3 is 5.97 Å². The Morgan fingerprint density at radius 2 is 1.63 bits per heavy atom. The van der Waals surface area contributed by atoms with Crippen molar-refractivity contribution < 1.29 is 19.1 Å². The fraction of sp³-hybridized carbons (Fsp3) is 0.318. The zero-order chi connectivity index (χ0) is 21.9. The van der Waals surface area contributed by atoms with Gasteiger partial charge in [-0.3, -0.25) is 14.4 Å². The molecule has 0 bridgehead atoms. The van der Waals surface area contributed by atoms with Gasteiger partial charge in [-0.05, 0) is 62.4 Å². The van der Waals surface area contributed by atoms with E-state index in [1.807, 2.05) is 26.0 Å². The minimum absolute atomic E-state index is 0.0525. The molecular formula is C22H25ClN2O4S. The Balaban J connectivity index is 1.71. The van der Waals surface area contributed by atoms with Crippen molar-refractivity contribution in [2.45, 2.75) is 25.2 Å². The third-order valence-corrected chi connectivity index (χ3v) is 5.48. The number of nitrogens with zero attached hydrogens (tertiary/aromatic N) is 1. The number of halogens is 1. The van der Waals surface area contributed by atoms with Gasteiger partial charge in [0.1, 0.15) is 0 Å². The maximum absolute atomic E-state index is 12.3. The van der Waals surface area contributed by atoms with Crippen LogP contribution in [-0.4, -0.2) is 48.1 Å². The van der Waals surface area contributed by atoms with Crippen LogP contribution in [0.5, 0.6) is 0 Å². The summed E-state index contributed by atoms with van der Waals surface area (Å²) in [6, 6.07) is 14.0. The summed E-state index contributed by atoms with van der Waals surface area (Å²) in [6.45, 7) is 4.76. The third-order valence-electron chi connectivity index (χ3n) is 4.22. The number of amides is 2. The molecule has 0 saturated heterocycles. The second-order valence-electron chi connectivity index (χ2n) is 6.32. The summed E-state index contributed by atoms with van der Waals surface area (Å²) in [5.41, 5.74) is 1.09. The summed E-state index contributed by atoms with van der Waals surface area (Å²) in [7, 11) is 0. The first-order valence-corrected chi connectivity index (χ1v) is 11.0. The van der Waals surface area contributed by atoms with Gasteiger partial charge in [0.25, 0.3) is 11.8 Å². The van der Waals surface area contributed by atoms with Crippen LogP contribution in [0.15, 0.2) is 53.4 Å². The van der Waals surface area contributed by atoms with E-state index < -0.39 is 11.9 Å². The first-order chi connectivity index (χ1) is 14.4. The van der Waals surface area contributed by atoms with Crippen molar-refractivity contribution in [2.24, 2.45) is 0 Å². The van der Waals surface area contributed by atoms with Crippen LogP contribution in [0.3, 0.4) is 0 Å². The SMILES string of the molecule is CCN(CC)C(=O)c1ccc(NC(=O)COC(=O)CCSc2ccc(Cl)cc2)cc1. The molecule has 0 fully saturated rings. The Bertz CT molecular complexity index is 852. The summed E-state index contributed by atoms with van der Waals surface area (Å²) in [6.07, 6.45) is 0.197. The number of rotatable bonds is 10. The maximum Gasteiger partial charge on any atom is 0.307 e. The molecule has 0 unspecified atom stereocenters. The lowest BCUT2D eigenvalue weighted by molar-refractivity contribution is -0.146. The number of esters is 1. The van der Waals surface area contributed by atoms with Crippen molar-refractivity contribution in [2.75, 3.05) is 30.8 Å². The number of thioether (sulfide) groups is 1. The lowest BCUT2D eigenvalue weighted by atomic mass is 10.2. The minimum atomic E-state index is -0.438. The highest BCUT2D eigenvalue weighted by atomic mass is 35.5. The first-order valence-electron chi connectivity index (χ1n) is 9.66. The summed E-state index contributed by atoms with van der Waals surface area (Å²) < 4.78 is 5.01. The molecule has 2 aromatic carbocycles. The first kappa shape index (κ1) is 23.8. The van der Waals surface area contributed by atoms with E-state index in [1.54, 1.807) is 41.3 Å². The third kappa shape index (κ3) is 7.72. The van der Waals surface area contributed by atoms with Gasteiger partial charge in [-0.2, -0.15) is 0 Å². The number of hydrogen-bond donors (Lipinski definition) is 1. The molecule has 0 atom stereocenters. The van der Waals surface area contributed by atoms with E-state index in [9.17, 15) is 14.4 Å². The van der Waals surface area contributed by atoms with Crippen molar-refractivity contribution >= 4 is 46.8 Å². The van der Waals surface area contributed by atoms with Gasteiger partial charge in [0.05, 0.1) is 6.42 Å². The molecule has 8 heteroatoms. The second-order valence-corrected chi connectivity index (χ2v) is 7.92. The Morgan fingerprint density at radius 3 is 2.23 bits per heavy atom. The van der Waals surface area contributed by atoms with E-state index in [0.717, 1.165) is 4.90 Å². The number of carbonyl (C=O) groups is 3. The summed E-state index contributed by atoms with van der Waals surface area (Å²) in [5, 5.41) is 3.31. The number of hydrogen-bond acceptors (Lipinski definition) is 5. The highest BCUT2D eigenvalue weighted by Gasteiger charge is 2.13. The van der Waals surface area contributed by atoms with Crippen LogP contribution in [0.25, 0.3) is 0 Å². The zero-order valence-corrected chi connectivity index (χ0v) is 18.6. The van der Waals surface area contributed by atoms with Gasteiger partial charge in [-0.15, -0.1) is 11.8 Å². The molecule has 160 valence electrons. The van der Waals surface area contributed by atoms with E-state index in [1.165, 1.54) is 11.8 Å². The number of nitrogens with one attached hydrogen (secondary N) is 1. The Kier molecular flexibility index (Phi) is 9.70. The van der Waals surface area contributed by atoms with E-state index >= 15 is 0 Å². The van der Waals surface area contributed by atoms with E-state index in [2.05, 4.69) is 5.32 Å². The van der Waals surface area contributed by atoms with Crippen molar-refractivity contribution in [3.63, 3.8) is 0 Å². The molecule has 0 aliphatic heterocycles. The van der Waals surface area contributed by atoms with Crippen LogP contribution >= 0.6 is 23.4 Å². The predicted octanol–water partition coefficient (Wildman–Crippen LogP) is 4.49. The molecule has 2 amide bonds. The Hall–Kier alpha value is -2.51. The quantitative estimate of drug-likeness (QED) is 0.428. The van der Waals surface area contributed by atoms with Crippen LogP contribution in [-0.2, 0) is 14.3 Å². The molecule has 2 aromatic rings. The van der Waals surface area contributed by atoms with Gasteiger partial charge in [-0.25, -0.2) is 0 Å². The average molecular weight is 449 g/mol. The van der Waals surface area contributed by atoms with Crippen molar-refractivity contribution in [1.29, 1.82) is 0 Å². The summed E-state index contributed by atoms with van der Waals surface area (Å²) >= 11 is 7.35. The fourth-order valence-corrected chi connectivity index (χ4v) is 3.55. The molecule has 2 rings (SSSR count). The highest BCUT2D eigenvalue weighted by molar-refractivity contribution is 7.99. The normalized spacial score (nSPS) is 10.4. The van der Waals surface area contributed by atoms with Crippen molar-refractivity contribution in [3.05, 3.63) is 59.1 Å². The maximum atomic E-state index is 12.3. The van der Waals surface area contributed by atoms with E-state index in [-0.39, 0.29) is 18.9 Å². The van der Waals surface area contributed by atoms with Gasteiger partial charge in [0, 0.05) is 40.0 Å². The van der Waals surface area contributed by atoms with Gasteiger partial charge in [0.15, 0.2) is 6.61 Å². The van der Waals surface area contributed by atoms with E-state index in [4.69, 9.17) is 16.3 Å². The van der Waals surface area contributed by atoms with Crippen LogP contribution in [0.4, 0.5) is 5.69 Å². The summed E-state index contributed by atoms with van der Waals surface area (Å²) in [5.74, 6) is -0.379. The molecule has 6 nitrogen and oxygen atoms in total. The molecule has 0 saturated carbocycles. The second kappa shape index (κ2) is 12.2. The lowest BCUT2D eigenvalue weighted by Gasteiger charge is -2.18. The van der Waals surface area contributed by atoms with E-state index in [0.29, 0.717) is 35.1 Å². The molecule has 0 aliphatic carbocycles. The topological polar surface area (TPSA) is 75.7 Å². The van der Waals surface area contributed by atoms with Crippen molar-refractivity contribution in [1.82, 2.24) is 4.90 Å². The Morgan fingerprint density at radius 1 is 1.00 bits per heavy atom.